The highest BCUT2D eigenvalue weighted by atomic mass is 16.4. The monoisotopic (exact) mass is 163 g/mol. The van der Waals surface area contributed by atoms with Crippen LogP contribution < -0.4 is 0 Å². The van der Waals surface area contributed by atoms with Gasteiger partial charge >= 0.3 is 5.97 Å². The lowest BCUT2D eigenvalue weighted by Crippen LogP contribution is -2.10. The largest absolute Gasteiger partial charge is 0.481 e. The van der Waals surface area contributed by atoms with E-state index in [1.807, 2.05) is 30.3 Å². The van der Waals surface area contributed by atoms with Crippen LogP contribution in [-0.2, 0) is 4.79 Å². The summed E-state index contributed by atoms with van der Waals surface area (Å²) in [6.07, 6.45) is 1.68. The molecular formula is C10H11O2. The molecule has 0 amide bonds. The molecule has 12 heavy (non-hydrogen) atoms. The van der Waals surface area contributed by atoms with Crippen molar-refractivity contribution in [1.82, 2.24) is 0 Å². The van der Waals surface area contributed by atoms with Crippen LogP contribution in [0.5, 0.6) is 0 Å². The molecule has 1 atom stereocenters. The van der Waals surface area contributed by atoms with Crippen molar-refractivity contribution >= 4 is 5.97 Å². The second-order valence-corrected chi connectivity index (χ2v) is 2.56. The van der Waals surface area contributed by atoms with Gasteiger partial charge in [-0.05, 0) is 12.0 Å². The molecule has 1 rings (SSSR count). The van der Waals surface area contributed by atoms with Crippen molar-refractivity contribution in [3.8, 4) is 0 Å². The van der Waals surface area contributed by atoms with Crippen molar-refractivity contribution in [2.24, 2.45) is 0 Å². The minimum absolute atomic E-state index is 0.480. The topological polar surface area (TPSA) is 37.3 Å². The number of aliphatic carboxylic acids is 1. The summed E-state index contributed by atoms with van der Waals surface area (Å²) in [7, 11) is 0. The van der Waals surface area contributed by atoms with Gasteiger partial charge in [-0.15, -0.1) is 0 Å². The zero-order valence-electron chi connectivity index (χ0n) is 6.90. The van der Waals surface area contributed by atoms with Gasteiger partial charge in [-0.3, -0.25) is 4.79 Å². The third-order valence-corrected chi connectivity index (χ3v) is 1.76. The minimum atomic E-state index is -0.802. The Kier molecular flexibility index (Phi) is 2.86. The average Bonchev–Trinajstić information content (AvgIpc) is 2.07. The predicted octanol–water partition coefficient (Wildman–Crippen LogP) is 2.08. The Morgan fingerprint density at radius 3 is 2.42 bits per heavy atom. The molecule has 1 aromatic rings. The Hall–Kier alpha value is -1.31. The van der Waals surface area contributed by atoms with E-state index < -0.39 is 11.9 Å². The second kappa shape index (κ2) is 3.90. The van der Waals surface area contributed by atoms with E-state index in [1.165, 1.54) is 0 Å². The van der Waals surface area contributed by atoms with Crippen LogP contribution in [-0.4, -0.2) is 11.1 Å². The van der Waals surface area contributed by atoms with Crippen molar-refractivity contribution < 1.29 is 9.90 Å². The van der Waals surface area contributed by atoms with Crippen LogP contribution in [0.3, 0.4) is 0 Å². The fourth-order valence-corrected chi connectivity index (χ4v) is 1.14. The zero-order valence-corrected chi connectivity index (χ0v) is 6.90. The van der Waals surface area contributed by atoms with Crippen LogP contribution in [0, 0.1) is 6.42 Å². The molecule has 0 aliphatic rings. The highest BCUT2D eigenvalue weighted by Crippen LogP contribution is 2.17. The molecule has 0 saturated carbocycles. The summed E-state index contributed by atoms with van der Waals surface area (Å²) in [4.78, 5) is 10.7. The first-order chi connectivity index (χ1) is 5.75. The summed E-state index contributed by atoms with van der Waals surface area (Å²) >= 11 is 0. The van der Waals surface area contributed by atoms with Crippen LogP contribution in [0.25, 0.3) is 0 Å². The van der Waals surface area contributed by atoms with E-state index in [2.05, 4.69) is 0 Å². The normalized spacial score (nSPS) is 12.4. The Bertz CT molecular complexity index is 254. The van der Waals surface area contributed by atoms with Gasteiger partial charge in [0.2, 0.25) is 0 Å². The van der Waals surface area contributed by atoms with Crippen molar-refractivity contribution in [1.29, 1.82) is 0 Å². The van der Waals surface area contributed by atoms with Gasteiger partial charge in [-0.2, -0.15) is 0 Å². The van der Waals surface area contributed by atoms with Crippen LogP contribution in [0.15, 0.2) is 30.3 Å². The highest BCUT2D eigenvalue weighted by Gasteiger charge is 2.16. The van der Waals surface area contributed by atoms with Gasteiger partial charge in [0.1, 0.15) is 0 Å². The average molecular weight is 163 g/mol. The molecule has 0 aliphatic heterocycles. The van der Waals surface area contributed by atoms with E-state index >= 15 is 0 Å². The van der Waals surface area contributed by atoms with E-state index in [4.69, 9.17) is 5.11 Å². The molecule has 0 saturated heterocycles. The third kappa shape index (κ3) is 1.84. The van der Waals surface area contributed by atoms with Gasteiger partial charge in [0.25, 0.3) is 0 Å². The Labute approximate surface area is 71.8 Å². The van der Waals surface area contributed by atoms with Crippen molar-refractivity contribution in [2.75, 3.05) is 0 Å². The van der Waals surface area contributed by atoms with Crippen LogP contribution >= 0.6 is 0 Å². The van der Waals surface area contributed by atoms with E-state index in [0.29, 0.717) is 0 Å². The summed E-state index contributed by atoms with van der Waals surface area (Å²) in [6.45, 7) is 1.76. The number of carboxylic acids is 1. The molecule has 0 aromatic heterocycles. The van der Waals surface area contributed by atoms with Gasteiger partial charge in [0.15, 0.2) is 0 Å². The number of carbonyl (C=O) groups is 1. The van der Waals surface area contributed by atoms with Crippen molar-refractivity contribution in [3.63, 3.8) is 0 Å². The molecule has 0 bridgehead atoms. The smallest absolute Gasteiger partial charge is 0.311 e. The molecule has 0 fully saturated rings. The van der Waals surface area contributed by atoms with E-state index in [0.717, 1.165) is 5.56 Å². The van der Waals surface area contributed by atoms with Crippen LogP contribution in [0.4, 0.5) is 0 Å². The van der Waals surface area contributed by atoms with Gasteiger partial charge in [0.05, 0.1) is 5.92 Å². The zero-order chi connectivity index (χ0) is 8.97. The van der Waals surface area contributed by atoms with Gasteiger partial charge in [-0.25, -0.2) is 0 Å². The lowest BCUT2D eigenvalue weighted by Gasteiger charge is -2.08. The van der Waals surface area contributed by atoms with Gasteiger partial charge < -0.3 is 5.11 Å². The molecule has 2 nitrogen and oxygen atoms in total. The third-order valence-electron chi connectivity index (χ3n) is 1.76. The summed E-state index contributed by atoms with van der Waals surface area (Å²) in [5.41, 5.74) is 0.826. The Morgan fingerprint density at radius 2 is 2.00 bits per heavy atom. The lowest BCUT2D eigenvalue weighted by atomic mass is 9.97. The van der Waals surface area contributed by atoms with Gasteiger partial charge in [-0.1, -0.05) is 37.3 Å². The predicted molar refractivity (Wildman–Crippen MR) is 46.8 cm³/mol. The minimum Gasteiger partial charge on any atom is -0.481 e. The van der Waals surface area contributed by atoms with E-state index in [1.54, 1.807) is 13.3 Å². The molecule has 1 N–H and O–H groups in total. The highest BCUT2D eigenvalue weighted by molar-refractivity contribution is 5.77. The van der Waals surface area contributed by atoms with Crippen molar-refractivity contribution in [2.45, 2.75) is 12.8 Å². The molecule has 1 radical (unpaired) electrons. The Morgan fingerprint density at radius 1 is 1.42 bits per heavy atom. The first-order valence-corrected chi connectivity index (χ1v) is 3.83. The van der Waals surface area contributed by atoms with E-state index in [9.17, 15) is 4.79 Å². The Balaban J connectivity index is 2.88. The molecule has 0 spiro atoms. The van der Waals surface area contributed by atoms with Crippen molar-refractivity contribution in [3.05, 3.63) is 42.3 Å². The molecule has 0 aliphatic carbocycles. The summed E-state index contributed by atoms with van der Waals surface area (Å²) in [6, 6.07) is 9.19. The molecule has 2 heteroatoms. The lowest BCUT2D eigenvalue weighted by molar-refractivity contribution is -0.137. The first-order valence-electron chi connectivity index (χ1n) is 3.83. The maximum absolute atomic E-state index is 10.7. The second-order valence-electron chi connectivity index (χ2n) is 2.56. The maximum Gasteiger partial charge on any atom is 0.311 e. The fraction of sp³-hybridized carbons (Fsp3) is 0.200. The number of carboxylic acid groups (broad SMARTS) is 1. The number of rotatable bonds is 3. The summed E-state index contributed by atoms with van der Waals surface area (Å²) < 4.78 is 0. The SMILES string of the molecule is C[CH]C(C(=O)O)c1ccccc1. The quantitative estimate of drug-likeness (QED) is 0.740. The van der Waals surface area contributed by atoms with Gasteiger partial charge in [0, 0.05) is 0 Å². The molecule has 1 unspecified atom stereocenters. The first kappa shape index (κ1) is 8.78. The fourth-order valence-electron chi connectivity index (χ4n) is 1.14. The molecular weight excluding hydrogens is 152 g/mol. The van der Waals surface area contributed by atoms with Crippen LogP contribution in [0.1, 0.15) is 18.4 Å². The van der Waals surface area contributed by atoms with Crippen LogP contribution in [0.2, 0.25) is 0 Å². The number of hydrogen-bond acceptors (Lipinski definition) is 1. The standard InChI is InChI=1S/C10H11O2/c1-2-9(10(11)12)8-6-4-3-5-7-8/h2-7,9H,1H3,(H,11,12). The molecule has 1 aromatic carbocycles. The molecule has 0 heterocycles. The number of hydrogen-bond donors (Lipinski definition) is 1. The van der Waals surface area contributed by atoms with E-state index in [-0.39, 0.29) is 0 Å². The maximum atomic E-state index is 10.7. The summed E-state index contributed by atoms with van der Waals surface area (Å²) in [5, 5.41) is 8.80. The molecule has 63 valence electrons. The summed E-state index contributed by atoms with van der Waals surface area (Å²) in [5.74, 6) is -1.28. The number of benzene rings is 1.